The topological polar surface area (TPSA) is 0 Å². The van der Waals surface area contributed by atoms with Crippen LogP contribution < -0.4 is 0 Å². The molecule has 0 N–H and O–H groups in total. The van der Waals surface area contributed by atoms with E-state index in [-0.39, 0.29) is 0 Å². The predicted octanol–water partition coefficient (Wildman–Crippen LogP) is 2.40. The number of aryl methyl sites for hydroxylation is 1. The van der Waals surface area contributed by atoms with E-state index in [0.717, 1.165) is 0 Å². The first-order valence-electron chi connectivity index (χ1n) is 2.43. The van der Waals surface area contributed by atoms with E-state index >= 15 is 0 Å². The number of halogens is 1. The lowest BCUT2D eigenvalue weighted by molar-refractivity contribution is 1.42. The molecule has 0 bridgehead atoms. The molecule has 0 saturated heterocycles. The number of hydrogen-bond acceptors (Lipinski definition) is 0. The molecule has 0 aromatic heterocycles. The van der Waals surface area contributed by atoms with Crippen molar-refractivity contribution in [1.82, 2.24) is 0 Å². The summed E-state index contributed by atoms with van der Waals surface area (Å²) in [7, 11) is 0. The van der Waals surface area contributed by atoms with Crippen LogP contribution in [0.5, 0.6) is 0 Å². The molecule has 0 atom stereocenters. The van der Waals surface area contributed by atoms with E-state index in [1.165, 1.54) is 9.13 Å². The fourth-order valence-electron chi connectivity index (χ4n) is 0.500. The van der Waals surface area contributed by atoms with Gasteiger partial charge in [-0.2, -0.15) is 0 Å². The van der Waals surface area contributed by atoms with Gasteiger partial charge in [-0.1, -0.05) is 12.1 Å². The third-order valence-electron chi connectivity index (χ3n) is 0.997. The monoisotopic (exact) mass is 217 g/mol. The molecule has 1 rings (SSSR count). The fraction of sp³-hybridized carbons (Fsp3) is 0.143. The fourth-order valence-corrected chi connectivity index (χ4v) is 0.863. The molecule has 0 aliphatic rings. The Morgan fingerprint density at radius 1 is 1.62 bits per heavy atom. The smallest absolute Gasteiger partial charge is 0.0165 e. The first-order valence-corrected chi connectivity index (χ1v) is 3.51. The standard InChI is InChI=1S/C7H6I/c1-6-4-2-3-5-7(6)8/h2-3,5H,1H3. The summed E-state index contributed by atoms with van der Waals surface area (Å²) in [5.41, 5.74) is 1.23. The van der Waals surface area contributed by atoms with Crippen molar-refractivity contribution in [2.45, 2.75) is 6.92 Å². The highest BCUT2D eigenvalue weighted by atomic mass is 127. The Kier molecular flexibility index (Phi) is 1.89. The van der Waals surface area contributed by atoms with Crippen molar-refractivity contribution in [3.05, 3.63) is 33.4 Å². The largest absolute Gasteiger partial charge is 0.0606 e. The van der Waals surface area contributed by atoms with Gasteiger partial charge in [0.25, 0.3) is 0 Å². The lowest BCUT2D eigenvalue weighted by Gasteiger charge is -1.90. The minimum Gasteiger partial charge on any atom is -0.0606 e. The van der Waals surface area contributed by atoms with Crippen LogP contribution in [0.1, 0.15) is 5.56 Å². The summed E-state index contributed by atoms with van der Waals surface area (Å²) in [5.74, 6) is 0. The van der Waals surface area contributed by atoms with Crippen LogP contribution >= 0.6 is 22.6 Å². The van der Waals surface area contributed by atoms with E-state index in [0.29, 0.717) is 0 Å². The van der Waals surface area contributed by atoms with Crippen molar-refractivity contribution in [1.29, 1.82) is 0 Å². The van der Waals surface area contributed by atoms with Gasteiger partial charge in [-0.3, -0.25) is 0 Å². The van der Waals surface area contributed by atoms with Gasteiger partial charge in [0, 0.05) is 3.57 Å². The lowest BCUT2D eigenvalue weighted by Crippen LogP contribution is -1.74. The average molecular weight is 217 g/mol. The summed E-state index contributed by atoms with van der Waals surface area (Å²) < 4.78 is 1.28. The Morgan fingerprint density at radius 2 is 2.38 bits per heavy atom. The van der Waals surface area contributed by atoms with Crippen LogP contribution in [0.4, 0.5) is 0 Å². The second-order valence-electron chi connectivity index (χ2n) is 1.64. The summed E-state index contributed by atoms with van der Waals surface area (Å²) in [4.78, 5) is 0. The molecule has 1 radical (unpaired) electrons. The van der Waals surface area contributed by atoms with Crippen molar-refractivity contribution in [3.63, 3.8) is 0 Å². The van der Waals surface area contributed by atoms with Crippen LogP contribution in [0.2, 0.25) is 0 Å². The van der Waals surface area contributed by atoms with Gasteiger partial charge in [0.2, 0.25) is 0 Å². The zero-order chi connectivity index (χ0) is 5.98. The van der Waals surface area contributed by atoms with E-state index in [1.54, 1.807) is 0 Å². The van der Waals surface area contributed by atoms with Crippen molar-refractivity contribution < 1.29 is 0 Å². The van der Waals surface area contributed by atoms with Gasteiger partial charge < -0.3 is 0 Å². The molecule has 0 nitrogen and oxygen atoms in total. The van der Waals surface area contributed by atoms with Gasteiger partial charge in [0.05, 0.1) is 0 Å². The molecular formula is C7H6I. The highest BCUT2D eigenvalue weighted by Gasteiger charge is 1.86. The Morgan fingerprint density at radius 3 is 2.75 bits per heavy atom. The van der Waals surface area contributed by atoms with Gasteiger partial charge in [-0.05, 0) is 47.2 Å². The molecular weight excluding hydrogens is 211 g/mol. The molecule has 0 unspecified atom stereocenters. The molecule has 0 amide bonds. The predicted molar refractivity (Wildman–Crippen MR) is 42.7 cm³/mol. The molecule has 0 heterocycles. The van der Waals surface area contributed by atoms with Gasteiger partial charge in [0.15, 0.2) is 0 Å². The van der Waals surface area contributed by atoms with E-state index in [2.05, 4.69) is 41.6 Å². The van der Waals surface area contributed by atoms with Crippen LogP contribution in [0.25, 0.3) is 0 Å². The maximum Gasteiger partial charge on any atom is 0.0165 e. The van der Waals surface area contributed by atoms with Gasteiger partial charge >= 0.3 is 0 Å². The van der Waals surface area contributed by atoms with Crippen molar-refractivity contribution >= 4 is 22.6 Å². The molecule has 0 aliphatic heterocycles. The van der Waals surface area contributed by atoms with Crippen LogP contribution in [0, 0.1) is 16.6 Å². The first kappa shape index (κ1) is 6.08. The summed E-state index contributed by atoms with van der Waals surface area (Å²) in [6.07, 6.45) is 0. The zero-order valence-electron chi connectivity index (χ0n) is 4.61. The highest BCUT2D eigenvalue weighted by molar-refractivity contribution is 14.1. The molecule has 41 valence electrons. The third kappa shape index (κ3) is 1.22. The third-order valence-corrected chi connectivity index (χ3v) is 2.17. The normalized spacial score (nSPS) is 9.25. The number of rotatable bonds is 0. The Bertz CT molecular complexity index is 160. The first-order chi connectivity index (χ1) is 3.80. The van der Waals surface area contributed by atoms with Crippen molar-refractivity contribution in [3.8, 4) is 0 Å². The van der Waals surface area contributed by atoms with Crippen molar-refractivity contribution in [2.24, 2.45) is 0 Å². The van der Waals surface area contributed by atoms with Crippen LogP contribution in [-0.4, -0.2) is 0 Å². The molecule has 0 aliphatic carbocycles. The minimum atomic E-state index is 1.23. The summed E-state index contributed by atoms with van der Waals surface area (Å²) in [6.45, 7) is 2.06. The Balaban J connectivity index is 3.13. The van der Waals surface area contributed by atoms with E-state index in [9.17, 15) is 0 Å². The molecule has 1 aromatic rings. The van der Waals surface area contributed by atoms with Crippen molar-refractivity contribution in [2.75, 3.05) is 0 Å². The van der Waals surface area contributed by atoms with Gasteiger partial charge in [-0.25, -0.2) is 0 Å². The molecule has 0 saturated carbocycles. The van der Waals surface area contributed by atoms with Crippen LogP contribution in [0.15, 0.2) is 18.2 Å². The van der Waals surface area contributed by atoms with E-state index < -0.39 is 0 Å². The average Bonchev–Trinajstić information content (AvgIpc) is 1.77. The van der Waals surface area contributed by atoms with E-state index in [4.69, 9.17) is 0 Å². The molecule has 1 heteroatoms. The Labute approximate surface area is 63.1 Å². The van der Waals surface area contributed by atoms with Crippen LogP contribution in [0.3, 0.4) is 0 Å². The second-order valence-corrected chi connectivity index (χ2v) is 2.81. The minimum absolute atomic E-state index is 1.23. The quantitative estimate of drug-likeness (QED) is 0.585. The Hall–Kier alpha value is -0.0500. The molecule has 0 spiro atoms. The zero-order valence-corrected chi connectivity index (χ0v) is 6.77. The highest BCUT2D eigenvalue weighted by Crippen LogP contribution is 2.07. The van der Waals surface area contributed by atoms with Gasteiger partial charge in [0.1, 0.15) is 0 Å². The van der Waals surface area contributed by atoms with E-state index in [1.807, 2.05) is 12.1 Å². The maximum absolute atomic E-state index is 3.09. The SMILES string of the molecule is Cc1[c]cccc1I. The lowest BCUT2D eigenvalue weighted by atomic mass is 10.2. The number of benzene rings is 1. The van der Waals surface area contributed by atoms with Crippen LogP contribution in [-0.2, 0) is 0 Å². The number of hydrogen-bond donors (Lipinski definition) is 0. The molecule has 0 fully saturated rings. The molecule has 1 aromatic carbocycles. The summed E-state index contributed by atoms with van der Waals surface area (Å²) in [6, 6.07) is 9.09. The summed E-state index contributed by atoms with van der Waals surface area (Å²) >= 11 is 2.29. The maximum atomic E-state index is 3.09. The van der Waals surface area contributed by atoms with Gasteiger partial charge in [-0.15, -0.1) is 0 Å². The summed E-state index contributed by atoms with van der Waals surface area (Å²) in [5, 5.41) is 0. The second kappa shape index (κ2) is 2.49. The molecule has 8 heavy (non-hydrogen) atoms.